The number of ketones is 1. The summed E-state index contributed by atoms with van der Waals surface area (Å²) in [5.41, 5.74) is 2.42. The highest BCUT2D eigenvalue weighted by atomic mass is 16.1. The van der Waals surface area contributed by atoms with Crippen LogP contribution in [0.5, 0.6) is 0 Å². The maximum atomic E-state index is 13.2. The summed E-state index contributed by atoms with van der Waals surface area (Å²) in [5.74, 6) is 3.63. The monoisotopic (exact) mass is 328 g/mol. The van der Waals surface area contributed by atoms with Crippen LogP contribution in [0.1, 0.15) is 80.1 Å². The van der Waals surface area contributed by atoms with E-state index in [1.165, 1.54) is 32.1 Å². The minimum Gasteiger partial charge on any atom is -0.295 e. The van der Waals surface area contributed by atoms with Crippen molar-refractivity contribution in [3.05, 3.63) is 11.6 Å². The third kappa shape index (κ3) is 1.85. The second kappa shape index (κ2) is 4.98. The molecule has 24 heavy (non-hydrogen) atoms. The topological polar surface area (TPSA) is 17.1 Å². The molecule has 4 aliphatic carbocycles. The van der Waals surface area contributed by atoms with Gasteiger partial charge in [0.05, 0.1) is 0 Å². The Morgan fingerprint density at radius 2 is 1.67 bits per heavy atom. The van der Waals surface area contributed by atoms with Gasteiger partial charge in [-0.05, 0) is 84.5 Å². The average molecular weight is 329 g/mol. The standard InChI is InChI=1S/C23H36O/c1-14-11-19-20(24)12-18-17(21(19,4)13-15(14)2)8-10-22(5)16(3)7-9-23(18,22)6/h12,14-17,19H,7-11,13H2,1-6H3/t14-,15+,16?,17?,19-,21-,22-,23+/m1/s1. The molecule has 2 unspecified atom stereocenters. The predicted octanol–water partition coefficient (Wildman–Crippen LogP) is 6.04. The SMILES string of the molecule is CC1CC[C@@]2(C)C3=CC(=O)[C@H]4C[C@@H](C)[C@@H](C)C[C@]4(C)C3CC[C@]12C. The highest BCUT2D eigenvalue weighted by molar-refractivity contribution is 5.94. The van der Waals surface area contributed by atoms with Crippen LogP contribution in [0.25, 0.3) is 0 Å². The molecule has 0 heterocycles. The van der Waals surface area contributed by atoms with E-state index in [0.717, 1.165) is 18.3 Å². The summed E-state index contributed by atoms with van der Waals surface area (Å²) in [4.78, 5) is 13.2. The van der Waals surface area contributed by atoms with Crippen molar-refractivity contribution in [3.8, 4) is 0 Å². The lowest BCUT2D eigenvalue weighted by Crippen LogP contribution is -2.55. The van der Waals surface area contributed by atoms with Crippen molar-refractivity contribution >= 4 is 5.78 Å². The van der Waals surface area contributed by atoms with Gasteiger partial charge in [-0.1, -0.05) is 47.1 Å². The van der Waals surface area contributed by atoms with E-state index < -0.39 is 0 Å². The molecule has 134 valence electrons. The second-order valence-corrected chi connectivity index (χ2v) is 10.7. The Morgan fingerprint density at radius 3 is 2.38 bits per heavy atom. The summed E-state index contributed by atoms with van der Waals surface area (Å²) in [6.45, 7) is 14.7. The molecule has 0 aromatic carbocycles. The lowest BCUT2D eigenvalue weighted by molar-refractivity contribution is -0.133. The Balaban J connectivity index is 1.81. The zero-order valence-electron chi connectivity index (χ0n) is 16.6. The molecule has 0 saturated heterocycles. The lowest BCUT2D eigenvalue weighted by atomic mass is 9.43. The highest BCUT2D eigenvalue weighted by Crippen LogP contribution is 2.71. The Morgan fingerprint density at radius 1 is 0.958 bits per heavy atom. The fraction of sp³-hybridized carbons (Fsp3) is 0.870. The fourth-order valence-corrected chi connectivity index (χ4v) is 7.57. The average Bonchev–Trinajstić information content (AvgIpc) is 2.75. The molecule has 8 atom stereocenters. The van der Waals surface area contributed by atoms with E-state index in [-0.39, 0.29) is 16.7 Å². The summed E-state index contributed by atoms with van der Waals surface area (Å²) in [6, 6.07) is 0. The summed E-state index contributed by atoms with van der Waals surface area (Å²) in [5, 5.41) is 0. The quantitative estimate of drug-likeness (QED) is 0.530. The number of carbonyl (C=O) groups is 1. The molecule has 0 spiro atoms. The molecular formula is C23H36O. The van der Waals surface area contributed by atoms with Crippen molar-refractivity contribution in [2.24, 2.45) is 45.8 Å². The fourth-order valence-electron chi connectivity index (χ4n) is 7.57. The summed E-state index contributed by atoms with van der Waals surface area (Å²) >= 11 is 0. The molecule has 0 aromatic rings. The first-order chi connectivity index (χ1) is 11.1. The van der Waals surface area contributed by atoms with Crippen LogP contribution in [0, 0.1) is 45.8 Å². The van der Waals surface area contributed by atoms with Crippen LogP contribution >= 0.6 is 0 Å². The number of hydrogen-bond donors (Lipinski definition) is 0. The molecule has 4 rings (SSSR count). The van der Waals surface area contributed by atoms with Gasteiger partial charge in [0, 0.05) is 5.92 Å². The maximum absolute atomic E-state index is 13.2. The van der Waals surface area contributed by atoms with Crippen LogP contribution in [0.2, 0.25) is 0 Å². The van der Waals surface area contributed by atoms with Crippen LogP contribution in [0.15, 0.2) is 11.6 Å². The second-order valence-electron chi connectivity index (χ2n) is 10.7. The molecule has 1 heteroatoms. The number of hydrogen-bond acceptors (Lipinski definition) is 1. The predicted molar refractivity (Wildman–Crippen MR) is 99.6 cm³/mol. The summed E-state index contributed by atoms with van der Waals surface area (Å²) < 4.78 is 0. The van der Waals surface area contributed by atoms with Crippen molar-refractivity contribution in [3.63, 3.8) is 0 Å². The number of allylic oxidation sites excluding steroid dienone is 2. The van der Waals surface area contributed by atoms with Crippen molar-refractivity contribution < 1.29 is 4.79 Å². The molecule has 0 aromatic heterocycles. The van der Waals surface area contributed by atoms with Gasteiger partial charge in [0.1, 0.15) is 0 Å². The molecule has 0 radical (unpaired) electrons. The molecule has 0 N–H and O–H groups in total. The Hall–Kier alpha value is -0.590. The van der Waals surface area contributed by atoms with Crippen molar-refractivity contribution in [1.29, 1.82) is 0 Å². The number of rotatable bonds is 0. The van der Waals surface area contributed by atoms with E-state index in [0.29, 0.717) is 23.0 Å². The van der Waals surface area contributed by atoms with Gasteiger partial charge in [-0.25, -0.2) is 0 Å². The number of fused-ring (bicyclic) bond motifs is 5. The first kappa shape index (κ1) is 16.9. The first-order valence-corrected chi connectivity index (χ1v) is 10.4. The Kier molecular flexibility index (Phi) is 3.50. The molecular weight excluding hydrogens is 292 g/mol. The van der Waals surface area contributed by atoms with Gasteiger partial charge in [-0.2, -0.15) is 0 Å². The summed E-state index contributed by atoms with van der Waals surface area (Å²) in [6.07, 6.45) is 9.80. The molecule has 4 aliphatic rings. The van der Waals surface area contributed by atoms with Gasteiger partial charge in [0.25, 0.3) is 0 Å². The van der Waals surface area contributed by atoms with Crippen molar-refractivity contribution in [2.45, 2.75) is 80.1 Å². The molecule has 0 amide bonds. The van der Waals surface area contributed by atoms with Crippen LogP contribution in [-0.2, 0) is 4.79 Å². The molecule has 3 saturated carbocycles. The third-order valence-electron chi connectivity index (χ3n) is 9.96. The van der Waals surface area contributed by atoms with E-state index in [1.807, 2.05) is 0 Å². The Labute approximate surface area is 148 Å². The van der Waals surface area contributed by atoms with E-state index in [4.69, 9.17) is 0 Å². The van der Waals surface area contributed by atoms with Gasteiger partial charge >= 0.3 is 0 Å². The molecule has 3 fully saturated rings. The van der Waals surface area contributed by atoms with Crippen molar-refractivity contribution in [1.82, 2.24) is 0 Å². The zero-order valence-corrected chi connectivity index (χ0v) is 16.6. The van der Waals surface area contributed by atoms with E-state index in [2.05, 4.69) is 47.6 Å². The van der Waals surface area contributed by atoms with Gasteiger partial charge in [0.2, 0.25) is 0 Å². The van der Waals surface area contributed by atoms with Crippen LogP contribution < -0.4 is 0 Å². The van der Waals surface area contributed by atoms with Gasteiger partial charge in [-0.3, -0.25) is 4.79 Å². The van der Waals surface area contributed by atoms with Crippen LogP contribution in [0.3, 0.4) is 0 Å². The van der Waals surface area contributed by atoms with Crippen molar-refractivity contribution in [2.75, 3.05) is 0 Å². The van der Waals surface area contributed by atoms with Crippen LogP contribution in [0.4, 0.5) is 0 Å². The van der Waals surface area contributed by atoms with Gasteiger partial charge < -0.3 is 0 Å². The highest BCUT2D eigenvalue weighted by Gasteiger charge is 2.63. The summed E-state index contributed by atoms with van der Waals surface area (Å²) in [7, 11) is 0. The van der Waals surface area contributed by atoms with E-state index in [9.17, 15) is 4.79 Å². The van der Waals surface area contributed by atoms with Gasteiger partial charge in [0.15, 0.2) is 5.78 Å². The molecule has 0 aliphatic heterocycles. The largest absolute Gasteiger partial charge is 0.295 e. The minimum atomic E-state index is 0.212. The Bertz CT molecular complexity index is 603. The van der Waals surface area contributed by atoms with E-state index in [1.54, 1.807) is 5.57 Å². The minimum absolute atomic E-state index is 0.212. The third-order valence-corrected chi connectivity index (χ3v) is 9.96. The number of carbonyl (C=O) groups excluding carboxylic acids is 1. The molecule has 1 nitrogen and oxygen atoms in total. The lowest BCUT2D eigenvalue weighted by Gasteiger charge is -2.61. The molecule has 0 bridgehead atoms. The maximum Gasteiger partial charge on any atom is 0.159 e. The van der Waals surface area contributed by atoms with Crippen LogP contribution in [-0.4, -0.2) is 5.78 Å². The normalized spacial score (nSPS) is 57.0. The smallest absolute Gasteiger partial charge is 0.159 e. The van der Waals surface area contributed by atoms with E-state index >= 15 is 0 Å². The zero-order chi connectivity index (χ0) is 17.5. The first-order valence-electron chi connectivity index (χ1n) is 10.4. The van der Waals surface area contributed by atoms with Gasteiger partial charge in [-0.15, -0.1) is 0 Å².